The summed E-state index contributed by atoms with van der Waals surface area (Å²) < 4.78 is 3.06. The molecule has 1 aliphatic heterocycles. The molecule has 0 radical (unpaired) electrons. The fourth-order valence-electron chi connectivity index (χ4n) is 3.29. The number of carbonyl (C=O) groups is 2. The first-order valence-electron chi connectivity index (χ1n) is 8.81. The molecule has 2 heterocycles. The largest absolute Gasteiger partial charge is 0.338 e. The monoisotopic (exact) mass is 380 g/mol. The summed E-state index contributed by atoms with van der Waals surface area (Å²) >= 11 is 1.52. The summed E-state index contributed by atoms with van der Waals surface area (Å²) in [4.78, 5) is 27.2. The van der Waals surface area contributed by atoms with E-state index in [-0.39, 0.29) is 24.2 Å². The zero-order valence-corrected chi connectivity index (χ0v) is 15.8. The van der Waals surface area contributed by atoms with Gasteiger partial charge in [0, 0.05) is 26.6 Å². The molecule has 6 nitrogen and oxygen atoms in total. The molecule has 2 amide bonds. The summed E-state index contributed by atoms with van der Waals surface area (Å²) in [7, 11) is 1.92. The van der Waals surface area contributed by atoms with E-state index in [1.165, 1.54) is 11.3 Å². The third-order valence-electron chi connectivity index (χ3n) is 4.78. The van der Waals surface area contributed by atoms with E-state index >= 15 is 0 Å². The van der Waals surface area contributed by atoms with Gasteiger partial charge in [0.1, 0.15) is 0 Å². The van der Waals surface area contributed by atoms with Crippen LogP contribution < -0.4 is 10.2 Å². The van der Waals surface area contributed by atoms with Gasteiger partial charge in [-0.1, -0.05) is 53.8 Å². The van der Waals surface area contributed by atoms with E-state index in [0.717, 1.165) is 20.6 Å². The van der Waals surface area contributed by atoms with E-state index in [4.69, 9.17) is 0 Å². The van der Waals surface area contributed by atoms with Crippen LogP contribution >= 0.6 is 11.3 Å². The smallest absolute Gasteiger partial charge is 0.245 e. The van der Waals surface area contributed by atoms with E-state index < -0.39 is 0 Å². The number of amides is 2. The summed E-state index contributed by atoms with van der Waals surface area (Å²) in [5.74, 6) is -0.576. The number of nitrogens with zero attached hydrogens (tertiary/aromatic N) is 3. The van der Waals surface area contributed by atoms with E-state index in [1.54, 1.807) is 4.90 Å². The third kappa shape index (κ3) is 3.64. The number of thiazole rings is 1. The number of nitrogens with one attached hydrogen (secondary N) is 1. The van der Waals surface area contributed by atoms with Crippen molar-refractivity contribution in [3.8, 4) is 0 Å². The number of benzene rings is 2. The van der Waals surface area contributed by atoms with Crippen LogP contribution in [0.3, 0.4) is 0 Å². The zero-order chi connectivity index (χ0) is 18.8. The van der Waals surface area contributed by atoms with E-state index in [1.807, 2.05) is 66.2 Å². The van der Waals surface area contributed by atoms with Gasteiger partial charge in [-0.2, -0.15) is 0 Å². The lowest BCUT2D eigenvalue weighted by Gasteiger charge is -2.16. The van der Waals surface area contributed by atoms with Crippen LogP contribution in [-0.4, -0.2) is 27.8 Å². The molecule has 7 heteroatoms. The maximum absolute atomic E-state index is 12.5. The second-order valence-corrected chi connectivity index (χ2v) is 7.67. The number of likely N-dealkylation sites (tertiary alicyclic amines) is 1. The summed E-state index contributed by atoms with van der Waals surface area (Å²) in [5.41, 5.74) is 4.78. The average Bonchev–Trinajstić information content (AvgIpc) is 3.21. The van der Waals surface area contributed by atoms with E-state index in [9.17, 15) is 9.59 Å². The highest BCUT2D eigenvalue weighted by molar-refractivity contribution is 7.16. The molecule has 0 aliphatic carbocycles. The molecule has 1 aromatic heterocycles. The maximum Gasteiger partial charge on any atom is 0.245 e. The minimum Gasteiger partial charge on any atom is -0.338 e. The minimum absolute atomic E-state index is 0.00595. The second kappa shape index (κ2) is 7.36. The lowest BCUT2D eigenvalue weighted by Crippen LogP contribution is -2.31. The van der Waals surface area contributed by atoms with Crippen LogP contribution in [0.15, 0.2) is 59.7 Å². The van der Waals surface area contributed by atoms with Gasteiger partial charge in [-0.25, -0.2) is 5.43 Å². The topological polar surface area (TPSA) is 66.7 Å². The predicted molar refractivity (Wildman–Crippen MR) is 104 cm³/mol. The first kappa shape index (κ1) is 17.5. The molecule has 4 rings (SSSR count). The first-order valence-corrected chi connectivity index (χ1v) is 9.63. The normalized spacial score (nSPS) is 17.7. The van der Waals surface area contributed by atoms with Crippen molar-refractivity contribution in [3.63, 3.8) is 0 Å². The van der Waals surface area contributed by atoms with E-state index in [2.05, 4.69) is 10.5 Å². The van der Waals surface area contributed by atoms with Gasteiger partial charge in [0.05, 0.1) is 16.1 Å². The average molecular weight is 380 g/mol. The molecular formula is C20H20N4O2S. The zero-order valence-electron chi connectivity index (χ0n) is 15.0. The molecule has 1 N–H and O–H groups in total. The van der Waals surface area contributed by atoms with Crippen molar-refractivity contribution in [1.82, 2.24) is 14.9 Å². The van der Waals surface area contributed by atoms with Crippen molar-refractivity contribution in [2.24, 2.45) is 18.1 Å². The van der Waals surface area contributed by atoms with Crippen molar-refractivity contribution in [2.45, 2.75) is 13.0 Å². The standard InChI is InChI=1S/C20H20N4O2S/c1-23-16-9-5-6-10-17(16)27-20(23)22-21-19(26)15-11-18(25)24(13-15)12-14-7-3-2-4-8-14/h2-10,15H,11-13H2,1H3,(H,21,26)/b22-20-. The van der Waals surface area contributed by atoms with Gasteiger partial charge < -0.3 is 9.47 Å². The lowest BCUT2D eigenvalue weighted by molar-refractivity contribution is -0.129. The molecule has 138 valence electrons. The predicted octanol–water partition coefficient (Wildman–Crippen LogP) is 2.22. The Morgan fingerprint density at radius 3 is 2.70 bits per heavy atom. The van der Waals surface area contributed by atoms with Crippen LogP contribution in [0.5, 0.6) is 0 Å². The Bertz CT molecular complexity index is 1050. The number of aryl methyl sites for hydroxylation is 1. The number of aromatic nitrogens is 1. The Labute approximate surface area is 160 Å². The summed E-state index contributed by atoms with van der Waals surface area (Å²) in [6.07, 6.45) is 0.229. The molecule has 1 saturated heterocycles. The highest BCUT2D eigenvalue weighted by Crippen LogP contribution is 2.20. The Morgan fingerprint density at radius 1 is 1.19 bits per heavy atom. The Balaban J connectivity index is 1.44. The number of hydrogen-bond acceptors (Lipinski definition) is 4. The Hall–Kier alpha value is -2.93. The van der Waals surface area contributed by atoms with Crippen LogP contribution in [0, 0.1) is 5.92 Å². The Morgan fingerprint density at radius 2 is 1.93 bits per heavy atom. The van der Waals surface area contributed by atoms with Gasteiger partial charge in [0.2, 0.25) is 16.6 Å². The highest BCUT2D eigenvalue weighted by Gasteiger charge is 2.34. The molecule has 27 heavy (non-hydrogen) atoms. The Kier molecular flexibility index (Phi) is 4.77. The molecule has 1 fully saturated rings. The number of rotatable bonds is 4. The van der Waals surface area contributed by atoms with E-state index in [0.29, 0.717) is 13.1 Å². The maximum atomic E-state index is 12.5. The van der Waals surface area contributed by atoms with Crippen LogP contribution in [-0.2, 0) is 23.2 Å². The van der Waals surface area contributed by atoms with Gasteiger partial charge in [-0.3, -0.25) is 9.59 Å². The number of hydrogen-bond donors (Lipinski definition) is 1. The van der Waals surface area contributed by atoms with Crippen LogP contribution in [0.4, 0.5) is 0 Å². The third-order valence-corrected chi connectivity index (χ3v) is 5.89. The summed E-state index contributed by atoms with van der Waals surface area (Å²) in [6, 6.07) is 17.8. The molecule has 1 unspecified atom stereocenters. The summed E-state index contributed by atoms with van der Waals surface area (Å²) in [5, 5.41) is 4.27. The fourth-order valence-corrected chi connectivity index (χ4v) is 4.27. The quantitative estimate of drug-likeness (QED) is 0.706. The molecule has 0 spiro atoms. The minimum atomic E-state index is -0.371. The molecule has 0 saturated carbocycles. The van der Waals surface area contributed by atoms with Gasteiger partial charge in [-0.05, 0) is 17.7 Å². The van der Waals surface area contributed by atoms with Crippen LogP contribution in [0.2, 0.25) is 0 Å². The lowest BCUT2D eigenvalue weighted by atomic mass is 10.1. The fraction of sp³-hybridized carbons (Fsp3) is 0.250. The van der Waals surface area contributed by atoms with Gasteiger partial charge >= 0.3 is 0 Å². The molecule has 1 aliphatic rings. The SMILES string of the molecule is Cn1/c(=N/NC(=O)C2CC(=O)N(Cc3ccccc3)C2)sc2ccccc21. The number of carbonyl (C=O) groups excluding carboxylic acids is 2. The first-order chi connectivity index (χ1) is 13.1. The van der Waals surface area contributed by atoms with Crippen molar-refractivity contribution in [1.29, 1.82) is 0 Å². The van der Waals surface area contributed by atoms with Crippen LogP contribution in [0.1, 0.15) is 12.0 Å². The van der Waals surface area contributed by atoms with Gasteiger partial charge in [-0.15, -0.1) is 5.10 Å². The summed E-state index contributed by atoms with van der Waals surface area (Å²) in [6.45, 7) is 0.958. The second-order valence-electron chi connectivity index (χ2n) is 6.66. The van der Waals surface area contributed by atoms with Crippen LogP contribution in [0.25, 0.3) is 10.2 Å². The van der Waals surface area contributed by atoms with Gasteiger partial charge in [0.15, 0.2) is 0 Å². The number of para-hydroxylation sites is 1. The molecular weight excluding hydrogens is 360 g/mol. The van der Waals surface area contributed by atoms with Crippen molar-refractivity contribution >= 4 is 33.4 Å². The van der Waals surface area contributed by atoms with Crippen molar-refractivity contribution < 1.29 is 9.59 Å². The van der Waals surface area contributed by atoms with Gasteiger partial charge in [0.25, 0.3) is 0 Å². The number of fused-ring (bicyclic) bond motifs is 1. The molecule has 0 bridgehead atoms. The van der Waals surface area contributed by atoms with Crippen molar-refractivity contribution in [2.75, 3.05) is 6.54 Å². The molecule has 3 aromatic rings. The highest BCUT2D eigenvalue weighted by atomic mass is 32.1. The van der Waals surface area contributed by atoms with Crippen molar-refractivity contribution in [3.05, 3.63) is 65.0 Å². The molecule has 1 atom stereocenters. The molecule has 2 aromatic carbocycles.